The highest BCUT2D eigenvalue weighted by atomic mass is 16.5. The van der Waals surface area contributed by atoms with Crippen molar-refractivity contribution in [2.75, 3.05) is 13.2 Å². The number of esters is 1. The van der Waals surface area contributed by atoms with E-state index in [2.05, 4.69) is 22.7 Å². The van der Waals surface area contributed by atoms with Crippen LogP contribution in [0.15, 0.2) is 42.6 Å². The van der Waals surface area contributed by atoms with E-state index in [1.165, 1.54) is 10.9 Å². The van der Waals surface area contributed by atoms with Gasteiger partial charge in [-0.25, -0.2) is 9.48 Å². The molecule has 45 heavy (non-hydrogen) atoms. The van der Waals surface area contributed by atoms with Gasteiger partial charge in [-0.3, -0.25) is 14.4 Å². The molecule has 2 aliphatic carbocycles. The van der Waals surface area contributed by atoms with Crippen molar-refractivity contribution in [2.45, 2.75) is 84.4 Å². The third-order valence-corrected chi connectivity index (χ3v) is 8.49. The number of nitrogens with zero attached hydrogens (tertiary/aromatic N) is 2. The van der Waals surface area contributed by atoms with Crippen molar-refractivity contribution in [1.29, 1.82) is 0 Å². The van der Waals surface area contributed by atoms with E-state index in [1.54, 1.807) is 56.5 Å². The van der Waals surface area contributed by atoms with Gasteiger partial charge < -0.3 is 24.8 Å². The van der Waals surface area contributed by atoms with Crippen LogP contribution in [-0.2, 0) is 19.1 Å². The van der Waals surface area contributed by atoms with Crippen molar-refractivity contribution in [2.24, 2.45) is 23.7 Å². The van der Waals surface area contributed by atoms with E-state index in [-0.39, 0.29) is 29.7 Å². The Morgan fingerprint density at radius 3 is 2.58 bits per heavy atom. The Balaban J connectivity index is 1.44. The number of hydrogen-bond acceptors (Lipinski definition) is 8. The van der Waals surface area contributed by atoms with Crippen molar-refractivity contribution in [1.82, 2.24) is 20.4 Å². The predicted molar refractivity (Wildman–Crippen MR) is 168 cm³/mol. The Morgan fingerprint density at radius 1 is 1.16 bits per heavy atom. The summed E-state index contributed by atoms with van der Waals surface area (Å²) in [7, 11) is 0. The Morgan fingerprint density at radius 2 is 1.89 bits per heavy atom. The zero-order chi connectivity index (χ0) is 32.8. The lowest BCUT2D eigenvalue weighted by molar-refractivity contribution is -0.152. The minimum atomic E-state index is -0.842. The minimum absolute atomic E-state index is 0.0781. The Kier molecular flexibility index (Phi) is 10.7. The summed E-state index contributed by atoms with van der Waals surface area (Å²) in [5.41, 5.74) is -0.688. The summed E-state index contributed by atoms with van der Waals surface area (Å²) in [4.78, 5) is 49.6. The number of aromatic nitrogens is 2. The van der Waals surface area contributed by atoms with Crippen LogP contribution in [0.2, 0.25) is 0 Å². The normalized spacial score (nSPS) is 24.6. The van der Waals surface area contributed by atoms with Crippen molar-refractivity contribution in [3.8, 4) is 5.88 Å². The lowest BCUT2D eigenvalue weighted by Gasteiger charge is -2.50. The second-order valence-electron chi connectivity index (χ2n) is 13.7. The van der Waals surface area contributed by atoms with Gasteiger partial charge in [0.05, 0.1) is 23.9 Å². The van der Waals surface area contributed by atoms with Gasteiger partial charge in [-0.15, -0.1) is 0 Å². The van der Waals surface area contributed by atoms with Crippen LogP contribution in [-0.4, -0.2) is 64.4 Å². The first-order valence-electron chi connectivity index (χ1n) is 15.6. The highest BCUT2D eigenvalue weighted by molar-refractivity contribution is 5.96. The smallest absolute Gasteiger partial charge is 0.338 e. The Bertz CT molecular complexity index is 1380. The molecule has 244 valence electrons. The topological polar surface area (TPSA) is 138 Å². The summed E-state index contributed by atoms with van der Waals surface area (Å²) in [6, 6.07) is 8.38. The number of nitrogens with one attached hydrogen (secondary N) is 2. The fraction of sp³-hybridized carbons (Fsp3) is 0.559. The van der Waals surface area contributed by atoms with Gasteiger partial charge in [0.15, 0.2) is 6.61 Å². The van der Waals surface area contributed by atoms with Crippen LogP contribution in [0.25, 0.3) is 6.20 Å². The molecule has 2 amide bonds. The standard InChI is InChI=1S/C34H46N4O7/c1-22(2)19-43-31-27(30(41)36-29-23(3)14-24-15-26(29)17-34(6,16-24)45-21-39)18-35-38(31)13-12-33(4,5)37-28(40)20-44-32(42)25-10-8-7-9-11-25/h7-13,18,21-24,26,29H,14-17,19-20H2,1-6H3,(H,36,41)(H,37,40)/b13-12+/t23?,24?,26?,29?,34-/m0/s1. The number of carbonyl (C=O) groups excluding carboxylic acids is 4. The van der Waals surface area contributed by atoms with Gasteiger partial charge in [0, 0.05) is 12.2 Å². The van der Waals surface area contributed by atoms with Crippen molar-refractivity contribution < 1.29 is 33.4 Å². The Hall–Kier alpha value is -4.15. The number of hydrogen-bond donors (Lipinski definition) is 2. The molecule has 11 heteroatoms. The van der Waals surface area contributed by atoms with E-state index in [1.807, 2.05) is 20.8 Å². The molecule has 1 aromatic carbocycles. The molecule has 2 bridgehead atoms. The summed E-state index contributed by atoms with van der Waals surface area (Å²) >= 11 is 0. The van der Waals surface area contributed by atoms with Crippen LogP contribution >= 0.6 is 0 Å². The number of amides is 2. The molecule has 11 nitrogen and oxygen atoms in total. The average molecular weight is 623 g/mol. The van der Waals surface area contributed by atoms with E-state index in [9.17, 15) is 19.2 Å². The van der Waals surface area contributed by atoms with Gasteiger partial charge in [0.1, 0.15) is 11.2 Å². The van der Waals surface area contributed by atoms with Gasteiger partial charge >= 0.3 is 5.97 Å². The molecule has 0 aliphatic heterocycles. The van der Waals surface area contributed by atoms with E-state index < -0.39 is 29.6 Å². The van der Waals surface area contributed by atoms with Crippen LogP contribution in [0.5, 0.6) is 5.88 Å². The fourth-order valence-corrected chi connectivity index (χ4v) is 6.62. The third kappa shape index (κ3) is 8.95. The zero-order valence-electron chi connectivity index (χ0n) is 27.1. The molecule has 0 spiro atoms. The molecule has 5 atom stereocenters. The average Bonchev–Trinajstić information content (AvgIpc) is 3.38. The van der Waals surface area contributed by atoms with Gasteiger partial charge in [0.2, 0.25) is 5.88 Å². The van der Waals surface area contributed by atoms with E-state index in [0.717, 1.165) is 19.3 Å². The third-order valence-electron chi connectivity index (χ3n) is 8.49. The van der Waals surface area contributed by atoms with Gasteiger partial charge in [0.25, 0.3) is 18.3 Å². The first kappa shape index (κ1) is 33.7. The highest BCUT2D eigenvalue weighted by Crippen LogP contribution is 2.47. The fourth-order valence-electron chi connectivity index (χ4n) is 6.62. The number of fused-ring (bicyclic) bond motifs is 2. The number of rotatable bonds is 13. The van der Waals surface area contributed by atoms with Gasteiger partial charge in [-0.1, -0.05) is 39.0 Å². The Labute approximate surface area is 265 Å². The second-order valence-corrected chi connectivity index (χ2v) is 13.7. The van der Waals surface area contributed by atoms with Crippen LogP contribution in [0.1, 0.15) is 87.9 Å². The summed E-state index contributed by atoms with van der Waals surface area (Å²) in [5, 5.41) is 10.5. The van der Waals surface area contributed by atoms with Crippen LogP contribution in [0, 0.1) is 23.7 Å². The molecule has 2 saturated carbocycles. The molecule has 4 rings (SSSR count). The van der Waals surface area contributed by atoms with Crippen molar-refractivity contribution in [3.05, 3.63) is 53.7 Å². The molecule has 1 aromatic heterocycles. The number of carbonyl (C=O) groups is 4. The maximum atomic E-state index is 13.7. The summed E-state index contributed by atoms with van der Waals surface area (Å²) in [6.07, 6.45) is 8.32. The molecule has 2 N–H and O–H groups in total. The summed E-state index contributed by atoms with van der Waals surface area (Å²) in [6.45, 7) is 12.2. The van der Waals surface area contributed by atoms with Crippen LogP contribution in [0.4, 0.5) is 0 Å². The van der Waals surface area contributed by atoms with E-state index in [4.69, 9.17) is 14.2 Å². The van der Waals surface area contributed by atoms with Crippen molar-refractivity contribution in [3.63, 3.8) is 0 Å². The lowest BCUT2D eigenvalue weighted by atomic mass is 9.61. The highest BCUT2D eigenvalue weighted by Gasteiger charge is 2.47. The molecular formula is C34H46N4O7. The maximum absolute atomic E-state index is 13.7. The minimum Gasteiger partial charge on any atom is -0.477 e. The molecule has 1 heterocycles. The summed E-state index contributed by atoms with van der Waals surface area (Å²) < 4.78 is 18.2. The van der Waals surface area contributed by atoms with Crippen LogP contribution < -0.4 is 15.4 Å². The SMILES string of the molecule is CC(C)COc1c(C(=O)NC2C(C)CC3CC2C[C@@](C)(OC=O)C3)cnn1/C=C/C(C)(C)NC(=O)COC(=O)c1ccccc1. The van der Waals surface area contributed by atoms with Gasteiger partial charge in [-0.2, -0.15) is 5.10 Å². The summed E-state index contributed by atoms with van der Waals surface area (Å²) in [5.74, 6) is 0.0905. The van der Waals surface area contributed by atoms with E-state index >= 15 is 0 Å². The largest absolute Gasteiger partial charge is 0.477 e. The number of benzene rings is 1. The number of ether oxygens (including phenoxy) is 3. The zero-order valence-corrected chi connectivity index (χ0v) is 27.1. The molecule has 0 saturated heterocycles. The quantitative estimate of drug-likeness (QED) is 0.244. The van der Waals surface area contributed by atoms with Crippen molar-refractivity contribution >= 4 is 30.5 Å². The molecule has 2 aliphatic rings. The second kappa shape index (κ2) is 14.3. The maximum Gasteiger partial charge on any atom is 0.338 e. The molecule has 2 aromatic rings. The van der Waals surface area contributed by atoms with Crippen LogP contribution in [0.3, 0.4) is 0 Å². The van der Waals surface area contributed by atoms with Gasteiger partial charge in [-0.05, 0) is 88.3 Å². The molecular weight excluding hydrogens is 576 g/mol. The molecule has 2 fully saturated rings. The molecule has 4 unspecified atom stereocenters. The first-order valence-corrected chi connectivity index (χ1v) is 15.6. The monoisotopic (exact) mass is 622 g/mol. The predicted octanol–water partition coefficient (Wildman–Crippen LogP) is 4.63. The molecule has 0 radical (unpaired) electrons. The van der Waals surface area contributed by atoms with E-state index in [0.29, 0.717) is 42.4 Å². The first-order chi connectivity index (χ1) is 21.3. The lowest BCUT2D eigenvalue weighted by Crippen LogP contribution is -2.54.